The normalized spacial score (nSPS) is 17.8. The Morgan fingerprint density at radius 1 is 1.07 bits per heavy atom. The van der Waals surface area contributed by atoms with Gasteiger partial charge in [0.2, 0.25) is 0 Å². The average molecular weight is 427 g/mol. The third kappa shape index (κ3) is 6.26. The van der Waals surface area contributed by atoms with Crippen LogP contribution in [0.3, 0.4) is 0 Å². The van der Waals surface area contributed by atoms with Crippen LogP contribution < -0.4 is 4.74 Å². The molecule has 0 radical (unpaired) electrons. The Balaban J connectivity index is 2.08. The summed E-state index contributed by atoms with van der Waals surface area (Å²) in [5.41, 5.74) is -3.06. The maximum atomic E-state index is 12.9. The van der Waals surface area contributed by atoms with E-state index in [0.29, 0.717) is 31.5 Å². The van der Waals surface area contributed by atoms with Gasteiger partial charge in [-0.05, 0) is 38.0 Å². The van der Waals surface area contributed by atoms with Crippen molar-refractivity contribution in [1.29, 1.82) is 0 Å². The molecule has 11 heteroatoms. The van der Waals surface area contributed by atoms with E-state index in [1.54, 1.807) is 6.92 Å². The predicted octanol–water partition coefficient (Wildman–Crippen LogP) is 3.90. The highest BCUT2D eigenvalue weighted by Crippen LogP contribution is 2.38. The molecule has 1 aromatic rings. The highest BCUT2D eigenvalue weighted by Gasteiger charge is 2.37. The maximum Gasteiger partial charge on any atom is 0.416 e. The number of hydrogen-bond acceptors (Lipinski definition) is 4. The first-order valence-corrected chi connectivity index (χ1v) is 8.78. The number of benzene rings is 1. The van der Waals surface area contributed by atoms with E-state index < -0.39 is 53.6 Å². The summed E-state index contributed by atoms with van der Waals surface area (Å²) in [6.07, 6.45) is -8.99. The van der Waals surface area contributed by atoms with Gasteiger partial charge in [-0.15, -0.1) is 0 Å². The lowest BCUT2D eigenvalue weighted by molar-refractivity contribution is -0.151. The summed E-state index contributed by atoms with van der Waals surface area (Å²) in [7, 11) is 0. The molecule has 1 heterocycles. The first-order valence-electron chi connectivity index (χ1n) is 8.78. The molecule has 0 aromatic heterocycles. The Morgan fingerprint density at radius 3 is 2.17 bits per heavy atom. The van der Waals surface area contributed by atoms with Gasteiger partial charge >= 0.3 is 18.3 Å². The summed E-state index contributed by atoms with van der Waals surface area (Å²) < 4.78 is 87.0. The van der Waals surface area contributed by atoms with Crippen LogP contribution in [0.2, 0.25) is 0 Å². The first kappa shape index (κ1) is 22.8. The minimum Gasteiger partial charge on any atom is -0.484 e. The minimum atomic E-state index is -5.01. The van der Waals surface area contributed by atoms with Gasteiger partial charge in [0, 0.05) is 13.1 Å². The molecule has 1 amide bonds. The van der Waals surface area contributed by atoms with E-state index in [9.17, 15) is 35.9 Å². The summed E-state index contributed by atoms with van der Waals surface area (Å²) in [4.78, 5) is 25.4. The average Bonchev–Trinajstić information content (AvgIpc) is 2.64. The summed E-state index contributed by atoms with van der Waals surface area (Å²) >= 11 is 0. The zero-order valence-electron chi connectivity index (χ0n) is 15.4. The Bertz CT molecular complexity index is 715. The lowest BCUT2D eigenvalue weighted by Crippen LogP contribution is -2.44. The van der Waals surface area contributed by atoms with E-state index in [2.05, 4.69) is 0 Å². The Kier molecular flexibility index (Phi) is 7.02. The standard InChI is InChI=1S/C18H19F6NO4/c1-2-28-16(27)11-4-3-5-25(9-11)15(26)10-29-14-7-12(17(19,20)21)6-13(8-14)18(22,23)24/h6-8,11H,2-5,9-10H2,1H3. The van der Waals surface area contributed by atoms with Crippen molar-refractivity contribution in [2.24, 2.45) is 5.92 Å². The van der Waals surface area contributed by atoms with E-state index in [4.69, 9.17) is 9.47 Å². The molecule has 1 aliphatic heterocycles. The molecule has 0 saturated carbocycles. The quantitative estimate of drug-likeness (QED) is 0.528. The smallest absolute Gasteiger partial charge is 0.416 e. The highest BCUT2D eigenvalue weighted by molar-refractivity contribution is 5.79. The molecule has 0 aliphatic carbocycles. The number of amides is 1. The van der Waals surface area contributed by atoms with E-state index in [1.165, 1.54) is 4.90 Å². The van der Waals surface area contributed by atoms with E-state index in [1.807, 2.05) is 0 Å². The number of rotatable bonds is 5. The Morgan fingerprint density at radius 2 is 1.66 bits per heavy atom. The van der Waals surface area contributed by atoms with Gasteiger partial charge in [-0.1, -0.05) is 0 Å². The van der Waals surface area contributed by atoms with Gasteiger partial charge in [-0.3, -0.25) is 9.59 Å². The second kappa shape index (κ2) is 8.91. The lowest BCUT2D eigenvalue weighted by atomic mass is 9.98. The molecule has 1 fully saturated rings. The van der Waals surface area contributed by atoms with Crippen LogP contribution in [0.25, 0.3) is 0 Å². The van der Waals surface area contributed by atoms with Crippen LogP contribution in [0.15, 0.2) is 18.2 Å². The van der Waals surface area contributed by atoms with Crippen LogP contribution >= 0.6 is 0 Å². The molecular formula is C18H19F6NO4. The highest BCUT2D eigenvalue weighted by atomic mass is 19.4. The summed E-state index contributed by atoms with van der Waals surface area (Å²) in [6, 6.07) is 0.781. The fourth-order valence-electron chi connectivity index (χ4n) is 2.90. The molecule has 29 heavy (non-hydrogen) atoms. The third-order valence-corrected chi connectivity index (χ3v) is 4.32. The fraction of sp³-hybridized carbons (Fsp3) is 0.556. The van der Waals surface area contributed by atoms with Crippen molar-refractivity contribution in [1.82, 2.24) is 4.90 Å². The molecule has 1 aromatic carbocycles. The number of ether oxygens (including phenoxy) is 2. The monoisotopic (exact) mass is 427 g/mol. The number of nitrogens with zero attached hydrogens (tertiary/aromatic N) is 1. The zero-order chi connectivity index (χ0) is 21.8. The lowest BCUT2D eigenvalue weighted by Gasteiger charge is -2.31. The van der Waals surface area contributed by atoms with E-state index in [-0.39, 0.29) is 19.2 Å². The van der Waals surface area contributed by atoms with Gasteiger partial charge in [-0.2, -0.15) is 26.3 Å². The number of carbonyl (C=O) groups excluding carboxylic acids is 2. The second-order valence-corrected chi connectivity index (χ2v) is 6.46. The SMILES string of the molecule is CCOC(=O)C1CCCN(C(=O)COc2cc(C(F)(F)F)cc(C(F)(F)F)c2)C1. The largest absolute Gasteiger partial charge is 0.484 e. The number of likely N-dealkylation sites (tertiary alicyclic amines) is 1. The van der Waals surface area contributed by atoms with Crippen molar-refractivity contribution in [3.8, 4) is 5.75 Å². The van der Waals surface area contributed by atoms with Crippen molar-refractivity contribution in [2.45, 2.75) is 32.1 Å². The van der Waals surface area contributed by atoms with Crippen LogP contribution in [-0.2, 0) is 26.7 Å². The van der Waals surface area contributed by atoms with Gasteiger partial charge in [0.1, 0.15) is 5.75 Å². The third-order valence-electron chi connectivity index (χ3n) is 4.32. The van der Waals surface area contributed by atoms with E-state index >= 15 is 0 Å². The van der Waals surface area contributed by atoms with Gasteiger partial charge in [-0.25, -0.2) is 0 Å². The molecule has 162 valence electrons. The first-order chi connectivity index (χ1) is 13.4. The molecule has 1 aliphatic rings. The van der Waals surface area contributed by atoms with Crippen molar-refractivity contribution >= 4 is 11.9 Å². The number of alkyl halides is 6. The van der Waals surface area contributed by atoms with Gasteiger partial charge < -0.3 is 14.4 Å². The molecule has 2 rings (SSSR count). The number of piperidine rings is 1. The second-order valence-electron chi connectivity index (χ2n) is 6.46. The molecule has 5 nitrogen and oxygen atoms in total. The zero-order valence-corrected chi connectivity index (χ0v) is 15.4. The number of hydrogen-bond donors (Lipinski definition) is 0. The Labute approximate surface area is 162 Å². The molecular weight excluding hydrogens is 408 g/mol. The number of esters is 1. The van der Waals surface area contributed by atoms with Crippen molar-refractivity contribution < 1.29 is 45.4 Å². The van der Waals surface area contributed by atoms with Crippen LogP contribution in [0.4, 0.5) is 26.3 Å². The van der Waals surface area contributed by atoms with Crippen LogP contribution in [0.5, 0.6) is 5.75 Å². The van der Waals surface area contributed by atoms with Crippen molar-refractivity contribution in [2.75, 3.05) is 26.3 Å². The van der Waals surface area contributed by atoms with E-state index in [0.717, 1.165) is 0 Å². The molecule has 1 unspecified atom stereocenters. The summed E-state index contributed by atoms with van der Waals surface area (Å²) in [5.74, 6) is -2.36. The Hall–Kier alpha value is -2.46. The predicted molar refractivity (Wildman–Crippen MR) is 87.9 cm³/mol. The summed E-state index contributed by atoms with van der Waals surface area (Å²) in [5, 5.41) is 0. The van der Waals surface area contributed by atoms with Crippen molar-refractivity contribution in [3.05, 3.63) is 29.3 Å². The molecule has 0 N–H and O–H groups in total. The molecule has 1 saturated heterocycles. The van der Waals surface area contributed by atoms with Crippen LogP contribution in [0, 0.1) is 5.92 Å². The van der Waals surface area contributed by atoms with Crippen LogP contribution in [-0.4, -0.2) is 43.1 Å². The number of halogens is 6. The fourth-order valence-corrected chi connectivity index (χ4v) is 2.90. The van der Waals surface area contributed by atoms with Gasteiger partial charge in [0.05, 0.1) is 23.7 Å². The minimum absolute atomic E-state index is 0.0245. The topological polar surface area (TPSA) is 55.8 Å². The summed E-state index contributed by atoms with van der Waals surface area (Å²) in [6.45, 7) is 1.42. The van der Waals surface area contributed by atoms with Gasteiger partial charge in [0.25, 0.3) is 5.91 Å². The molecule has 0 bridgehead atoms. The number of carbonyl (C=O) groups is 2. The molecule has 1 atom stereocenters. The van der Waals surface area contributed by atoms with Gasteiger partial charge in [0.15, 0.2) is 6.61 Å². The van der Waals surface area contributed by atoms with Crippen molar-refractivity contribution in [3.63, 3.8) is 0 Å². The molecule has 0 spiro atoms. The van der Waals surface area contributed by atoms with Crippen LogP contribution in [0.1, 0.15) is 30.9 Å². The maximum absolute atomic E-state index is 12.9.